The molecule has 1 N–H and O–H groups in total. The van der Waals surface area contributed by atoms with E-state index >= 15 is 0 Å². The number of nitrogens with zero attached hydrogens (tertiary/aromatic N) is 4. The normalized spacial score (nSPS) is 16.8. The molecular formula is C28H22ClN5O3S2. The second-order valence-electron chi connectivity index (χ2n) is 8.83. The fraction of sp³-hybridized carbons (Fsp3) is 0.107. The van der Waals surface area contributed by atoms with E-state index in [0.717, 1.165) is 27.5 Å². The number of ether oxygens (including phenoxy) is 1. The molecule has 1 aliphatic rings. The summed E-state index contributed by atoms with van der Waals surface area (Å²) in [6.45, 7) is 0. The molecular weight excluding hydrogens is 554 g/mol. The highest BCUT2D eigenvalue weighted by Gasteiger charge is 2.38. The Kier molecular flexibility index (Phi) is 6.86. The van der Waals surface area contributed by atoms with Crippen LogP contribution in [0.5, 0.6) is 5.75 Å². The van der Waals surface area contributed by atoms with Gasteiger partial charge >= 0.3 is 0 Å². The second-order valence-corrected chi connectivity index (χ2v) is 12.1. The molecule has 0 unspecified atom stereocenters. The van der Waals surface area contributed by atoms with Gasteiger partial charge in [0.1, 0.15) is 12.1 Å². The molecule has 0 bridgehead atoms. The van der Waals surface area contributed by atoms with Crippen LogP contribution in [-0.2, 0) is 10.0 Å². The molecule has 0 saturated heterocycles. The average molecular weight is 576 g/mol. The minimum absolute atomic E-state index is 0.142. The summed E-state index contributed by atoms with van der Waals surface area (Å²) in [7, 11) is -2.25. The topological polar surface area (TPSA) is 98.5 Å². The number of methoxy groups -OCH3 is 1. The van der Waals surface area contributed by atoms with Gasteiger partial charge in [-0.05, 0) is 58.3 Å². The summed E-state index contributed by atoms with van der Waals surface area (Å²) in [4.78, 5) is 0.142. The van der Waals surface area contributed by atoms with E-state index in [1.807, 2.05) is 60.7 Å². The number of halogens is 1. The lowest BCUT2D eigenvalue weighted by molar-refractivity contribution is 0.414. The third-order valence-corrected chi connectivity index (χ3v) is 9.48. The van der Waals surface area contributed by atoms with Gasteiger partial charge in [0, 0.05) is 10.6 Å². The average Bonchev–Trinajstić information content (AvgIpc) is 3.51. The first-order chi connectivity index (χ1) is 18.9. The molecule has 1 heterocycles. The van der Waals surface area contributed by atoms with E-state index in [9.17, 15) is 8.42 Å². The van der Waals surface area contributed by atoms with Gasteiger partial charge in [0.15, 0.2) is 0 Å². The molecule has 0 radical (unpaired) electrons. The van der Waals surface area contributed by atoms with Crippen LogP contribution in [0.3, 0.4) is 0 Å². The number of aromatic nitrogens is 3. The van der Waals surface area contributed by atoms with Crippen LogP contribution < -0.4 is 9.46 Å². The van der Waals surface area contributed by atoms with Gasteiger partial charge in [0.2, 0.25) is 15.2 Å². The Morgan fingerprint density at radius 1 is 1.00 bits per heavy atom. The maximum atomic E-state index is 13.5. The van der Waals surface area contributed by atoms with Crippen LogP contribution in [0.4, 0.5) is 0 Å². The van der Waals surface area contributed by atoms with Gasteiger partial charge in [0.25, 0.3) is 0 Å². The molecule has 1 aromatic heterocycles. The zero-order chi connectivity index (χ0) is 27.0. The Bertz CT molecular complexity index is 1800. The Morgan fingerprint density at radius 3 is 2.51 bits per heavy atom. The Hall–Kier alpha value is -3.70. The van der Waals surface area contributed by atoms with Gasteiger partial charge in [0.05, 0.1) is 29.5 Å². The van der Waals surface area contributed by atoms with E-state index in [1.54, 1.807) is 30.1 Å². The van der Waals surface area contributed by atoms with E-state index in [2.05, 4.69) is 20.0 Å². The number of hydrogen-bond acceptors (Lipinski definition) is 7. The van der Waals surface area contributed by atoms with E-state index in [1.165, 1.54) is 30.2 Å². The maximum Gasteiger partial charge on any atom is 0.241 e. The standard InChI is InChI=1S/C28H22ClN5O3S2/c1-37-24-11-3-2-6-19(24)16-31-34-17-30-32-28(34)38-27-23-10-5-8-18-7-4-9-22(25(18)23)26(27)33-39(35,36)21-14-12-20(29)13-15-21/h2-17,26-27,33H,1H3/b31-16-/t26-,27-/m0/s1. The number of benzene rings is 4. The molecule has 6 rings (SSSR count). The minimum atomic E-state index is -3.86. The predicted molar refractivity (Wildman–Crippen MR) is 153 cm³/mol. The van der Waals surface area contributed by atoms with Crippen molar-refractivity contribution in [2.75, 3.05) is 7.11 Å². The fourth-order valence-electron chi connectivity index (χ4n) is 4.73. The molecule has 8 nitrogen and oxygen atoms in total. The highest BCUT2D eigenvalue weighted by molar-refractivity contribution is 7.99. The summed E-state index contributed by atoms with van der Waals surface area (Å²) >= 11 is 7.40. The van der Waals surface area contributed by atoms with Crippen LogP contribution >= 0.6 is 23.4 Å². The summed E-state index contributed by atoms with van der Waals surface area (Å²) in [5.74, 6) is 0.693. The summed E-state index contributed by atoms with van der Waals surface area (Å²) in [6.07, 6.45) is 3.20. The van der Waals surface area contributed by atoms with Gasteiger partial charge in [-0.3, -0.25) is 0 Å². The molecule has 0 amide bonds. The van der Waals surface area contributed by atoms with Crippen molar-refractivity contribution in [3.8, 4) is 5.75 Å². The van der Waals surface area contributed by atoms with E-state index < -0.39 is 16.1 Å². The molecule has 0 fully saturated rings. The lowest BCUT2D eigenvalue weighted by Gasteiger charge is -2.22. The van der Waals surface area contributed by atoms with Crippen molar-refractivity contribution in [1.82, 2.24) is 19.6 Å². The molecule has 0 spiro atoms. The molecule has 1 aliphatic carbocycles. The van der Waals surface area contributed by atoms with E-state index in [4.69, 9.17) is 16.3 Å². The molecule has 4 aromatic carbocycles. The predicted octanol–water partition coefficient (Wildman–Crippen LogP) is 5.84. The van der Waals surface area contributed by atoms with Crippen molar-refractivity contribution in [2.24, 2.45) is 5.10 Å². The van der Waals surface area contributed by atoms with Gasteiger partial charge in [-0.15, -0.1) is 10.2 Å². The van der Waals surface area contributed by atoms with Crippen LogP contribution in [0.1, 0.15) is 28.0 Å². The van der Waals surface area contributed by atoms with Crippen LogP contribution in [0.25, 0.3) is 10.8 Å². The number of thioether (sulfide) groups is 1. The summed E-state index contributed by atoms with van der Waals surface area (Å²) in [6, 6.07) is 25.1. The Morgan fingerprint density at radius 2 is 1.74 bits per heavy atom. The number of rotatable bonds is 8. The maximum absolute atomic E-state index is 13.5. The summed E-state index contributed by atoms with van der Waals surface area (Å²) < 4.78 is 36.9. The van der Waals surface area contributed by atoms with Crippen LogP contribution in [0, 0.1) is 0 Å². The van der Waals surface area contributed by atoms with Gasteiger partial charge in [-0.2, -0.15) is 9.78 Å². The van der Waals surface area contributed by atoms with Gasteiger partial charge in [-0.25, -0.2) is 13.1 Å². The molecule has 39 heavy (non-hydrogen) atoms. The number of nitrogens with one attached hydrogen (secondary N) is 1. The lowest BCUT2D eigenvalue weighted by Crippen LogP contribution is -2.30. The molecule has 0 saturated carbocycles. The second kappa shape index (κ2) is 10.5. The van der Waals surface area contributed by atoms with Crippen molar-refractivity contribution >= 4 is 50.4 Å². The third-order valence-electron chi connectivity index (χ3n) is 6.51. The van der Waals surface area contributed by atoms with Crippen molar-refractivity contribution in [3.05, 3.63) is 113 Å². The highest BCUT2D eigenvalue weighted by atomic mass is 35.5. The van der Waals surface area contributed by atoms with Crippen LogP contribution in [0.15, 0.2) is 106 Å². The molecule has 196 valence electrons. The van der Waals surface area contributed by atoms with Gasteiger partial charge < -0.3 is 4.74 Å². The largest absolute Gasteiger partial charge is 0.496 e. The first-order valence-corrected chi connectivity index (χ1v) is 14.7. The number of para-hydroxylation sites is 1. The van der Waals surface area contributed by atoms with Crippen molar-refractivity contribution in [1.29, 1.82) is 0 Å². The minimum Gasteiger partial charge on any atom is -0.496 e. The highest BCUT2D eigenvalue weighted by Crippen LogP contribution is 2.53. The number of sulfonamides is 1. The summed E-state index contributed by atoms with van der Waals surface area (Å²) in [5, 5.41) is 15.7. The monoisotopic (exact) mass is 575 g/mol. The van der Waals surface area contributed by atoms with Crippen LogP contribution in [0.2, 0.25) is 5.02 Å². The quantitative estimate of drug-likeness (QED) is 0.233. The first kappa shape index (κ1) is 25.6. The number of hydrogen-bond donors (Lipinski definition) is 1. The van der Waals surface area contributed by atoms with Crippen molar-refractivity contribution in [3.63, 3.8) is 0 Å². The van der Waals surface area contributed by atoms with Crippen molar-refractivity contribution < 1.29 is 13.2 Å². The van der Waals surface area contributed by atoms with Gasteiger partial charge in [-0.1, -0.05) is 71.9 Å². The molecule has 2 atom stereocenters. The molecule has 11 heteroatoms. The SMILES string of the molecule is COc1ccccc1/C=N\n1cnnc1S[C@H]1c2cccc3cccc(c23)[C@@H]1NS(=O)(=O)c1ccc(Cl)cc1. The summed E-state index contributed by atoms with van der Waals surface area (Å²) in [5.41, 5.74) is 2.72. The smallest absolute Gasteiger partial charge is 0.241 e. The van der Waals surface area contributed by atoms with E-state index in [-0.39, 0.29) is 10.1 Å². The lowest BCUT2D eigenvalue weighted by atomic mass is 10.1. The molecule has 5 aromatic rings. The first-order valence-electron chi connectivity index (χ1n) is 12.0. The van der Waals surface area contributed by atoms with Crippen molar-refractivity contribution in [2.45, 2.75) is 21.3 Å². The van der Waals surface area contributed by atoms with E-state index in [0.29, 0.717) is 15.9 Å². The Labute approximate surface area is 234 Å². The van der Waals surface area contributed by atoms with Crippen LogP contribution in [-0.4, -0.2) is 36.6 Å². The fourth-order valence-corrected chi connectivity index (χ4v) is 7.37. The third kappa shape index (κ3) is 4.92. The Balaban J connectivity index is 1.37. The molecule has 0 aliphatic heterocycles. The zero-order valence-electron chi connectivity index (χ0n) is 20.6. The zero-order valence-corrected chi connectivity index (χ0v) is 23.0.